The largest absolute Gasteiger partial charge is 0.419 e. The molecule has 0 saturated carbocycles. The molecule has 407 valence electrons. The molecular weight excluding hydrogens is 1120 g/mol. The molecule has 12 nitrogen and oxygen atoms in total. The fourth-order valence-electron chi connectivity index (χ4n) is 5.73. The lowest BCUT2D eigenvalue weighted by Gasteiger charge is -2.34. The summed E-state index contributed by atoms with van der Waals surface area (Å²) in [4.78, 5) is -0.181. The van der Waals surface area contributed by atoms with Crippen molar-refractivity contribution in [3.8, 4) is 12.1 Å². The molecule has 0 amide bonds. The number of nitrogens with two attached hydrogens (primary N) is 1. The van der Waals surface area contributed by atoms with Crippen LogP contribution in [0.1, 0.15) is 58.2 Å². The summed E-state index contributed by atoms with van der Waals surface area (Å²) in [7, 11) is 30.7. The first-order chi connectivity index (χ1) is 35.4. The Balaban J connectivity index is -0.000000918. The molecule has 39 heteroatoms. The van der Waals surface area contributed by atoms with Gasteiger partial charge in [0.1, 0.15) is 0 Å². The molecule has 0 unspecified atom stereocenters. The van der Waals surface area contributed by atoms with Crippen molar-refractivity contribution in [2.45, 2.75) is 99.6 Å². The van der Waals surface area contributed by atoms with E-state index in [1.807, 2.05) is 12.1 Å². The third-order valence-electron chi connectivity index (χ3n) is 10.5. The number of nitriles is 2. The zero-order valence-corrected chi connectivity index (χ0v) is 48.7. The van der Waals surface area contributed by atoms with Crippen LogP contribution in [-0.2, 0) is 34.6 Å². The Morgan fingerprint density at radius 2 is 0.872 bits per heavy atom. The van der Waals surface area contributed by atoms with E-state index in [2.05, 4.69) is 24.9 Å². The van der Waals surface area contributed by atoms with Crippen molar-refractivity contribution in [1.82, 2.24) is 13.9 Å². The first-order valence-electron chi connectivity index (χ1n) is 23.2. The monoisotopic (exact) mass is 1180 g/mol. The van der Waals surface area contributed by atoms with E-state index in [0.717, 1.165) is 17.4 Å². The van der Waals surface area contributed by atoms with Crippen molar-refractivity contribution in [3.63, 3.8) is 0 Å². The van der Waals surface area contributed by atoms with Crippen LogP contribution >= 0.6 is 10.7 Å². The van der Waals surface area contributed by atoms with Gasteiger partial charge < -0.3 is 11.1 Å². The van der Waals surface area contributed by atoms with Crippen LogP contribution in [0.25, 0.3) is 0 Å². The smallest absolute Gasteiger partial charge is 0.317 e. The number of benzene rings is 3. The van der Waals surface area contributed by atoms with Gasteiger partial charge in [-0.3, -0.25) is 0 Å². The Labute approximate surface area is 473 Å². The Morgan fingerprint density at radius 3 is 1.04 bits per heavy atom. The third kappa shape index (κ3) is 25.5. The molecule has 0 bridgehead atoms. The van der Waals surface area contributed by atoms with E-state index in [9.17, 15) is 64.8 Å². The standard InChI is InChI=1S/C13H16F6N2O2S.C11H14N2O2S.C7H4ClNO2S.C4H9F3Si.C4H11N.B13/c1-3-21(4-2)24(22,23)10-7-5-9(6-8-10)11(20,12(14,15)16)13(17,18)19;1-3-13(4-2)16(14,15)11-7-5-10(9-12)6-8-11;8-12(10,11)7-3-1-6(5-9)2-4-7;1-8(2,3)4(5,6)7;1-3-5-4-2;1-8-12(9(2)3)13(10(4)5)11(6)7/h5-8H,3-4,20H2,1-2H3;5-8H,3-4H2,1-2H3;1-4H;1-3H3;5H,3-4H2,1-2H3;. The van der Waals surface area contributed by atoms with Gasteiger partial charge in [0.05, 0.1) is 38.0 Å². The first-order valence-corrected chi connectivity index (χ1v) is 31.9. The summed E-state index contributed by atoms with van der Waals surface area (Å²) in [5.41, 5.74) is -0.383. The molecule has 3 N–H and O–H groups in total. The number of rotatable bonds is 17. The molecule has 0 aliphatic heterocycles. The second-order valence-corrected chi connectivity index (χ2v) is 28.5. The third-order valence-corrected chi connectivity index (χ3v) is 17.7. The summed E-state index contributed by atoms with van der Waals surface area (Å²) in [5, 5.41) is 20.1. The van der Waals surface area contributed by atoms with E-state index in [-0.39, 0.29) is 29.3 Å². The number of halogens is 10. The SMILES string of the molecule is CCN(CC)S(=O)(=O)c1ccc(C#N)cc1.CCN(CC)S(=O)(=O)c1ccc(C(N)(C(F)(F)F)C(F)(F)F)cc1.CCNCC.C[Si](C)(C)C(F)(F)F.N#Cc1ccc(S(=O)(=O)Cl)cc1.[B][B]B(B([B])[B])B(B([B])[B])B([B])[B]. The highest BCUT2D eigenvalue weighted by Crippen LogP contribution is 2.48. The van der Waals surface area contributed by atoms with Crippen molar-refractivity contribution in [2.75, 3.05) is 39.3 Å². The van der Waals surface area contributed by atoms with Crippen molar-refractivity contribution in [1.29, 1.82) is 10.5 Å². The van der Waals surface area contributed by atoms with Crippen LogP contribution in [0.5, 0.6) is 0 Å². The van der Waals surface area contributed by atoms with Crippen LogP contribution in [0.2, 0.25) is 19.6 Å². The van der Waals surface area contributed by atoms with Crippen molar-refractivity contribution >= 4 is 141 Å². The summed E-state index contributed by atoms with van der Waals surface area (Å²) in [6, 6.07) is 17.4. The fraction of sp³-hybridized carbons (Fsp3) is 0.487. The first kappa shape index (κ1) is 79.3. The van der Waals surface area contributed by atoms with Crippen molar-refractivity contribution in [2.24, 2.45) is 5.73 Å². The van der Waals surface area contributed by atoms with E-state index < -0.39 is 96.9 Å². The number of hydrogen-bond donors (Lipinski definition) is 2. The fourth-order valence-corrected chi connectivity index (χ4v) is 9.42. The van der Waals surface area contributed by atoms with Crippen molar-refractivity contribution in [3.05, 3.63) is 89.5 Å². The quantitative estimate of drug-likeness (QED) is 0.113. The van der Waals surface area contributed by atoms with Gasteiger partial charge in [-0.1, -0.05) is 73.3 Å². The van der Waals surface area contributed by atoms with Gasteiger partial charge in [0.15, 0.2) is 8.07 Å². The topological polar surface area (TPSA) is 195 Å². The normalized spacial score (nSPS) is 11.8. The molecule has 78 heavy (non-hydrogen) atoms. The zero-order chi connectivity index (χ0) is 62.1. The van der Waals surface area contributed by atoms with Gasteiger partial charge in [-0.15, -0.1) is 0 Å². The molecule has 0 aromatic heterocycles. The van der Waals surface area contributed by atoms with Gasteiger partial charge in [-0.2, -0.15) is 58.6 Å². The highest BCUT2D eigenvalue weighted by Gasteiger charge is 2.69. The van der Waals surface area contributed by atoms with E-state index in [0.29, 0.717) is 48.5 Å². The highest BCUT2D eigenvalue weighted by atomic mass is 35.7. The Bertz CT molecular complexity index is 2600. The highest BCUT2D eigenvalue weighted by molar-refractivity contribution is 8.13. The van der Waals surface area contributed by atoms with E-state index in [4.69, 9.17) is 75.4 Å². The number of nitrogens with one attached hydrogen (secondary N) is 1. The predicted molar refractivity (Wildman–Crippen MR) is 308 cm³/mol. The molecule has 0 aliphatic rings. The average Bonchev–Trinajstić information content (AvgIpc) is 3.33. The molecule has 0 heterocycles. The van der Waals surface area contributed by atoms with Crippen molar-refractivity contribution < 1.29 is 64.8 Å². The summed E-state index contributed by atoms with van der Waals surface area (Å²) in [6.45, 7) is 18.0. The minimum Gasteiger partial charge on any atom is -0.317 e. The average molecular weight is 1170 g/mol. The number of sulfonamides is 2. The molecule has 3 rings (SSSR count). The van der Waals surface area contributed by atoms with Crippen LogP contribution < -0.4 is 11.1 Å². The van der Waals surface area contributed by atoms with Gasteiger partial charge in [-0.05, 0) is 79.3 Å². The van der Waals surface area contributed by atoms with Gasteiger partial charge in [0.25, 0.3) is 9.05 Å². The minimum absolute atomic E-state index is 0.00293. The molecule has 0 spiro atoms. The summed E-state index contributed by atoms with van der Waals surface area (Å²) in [5.74, 6) is -3.92. The van der Waals surface area contributed by atoms with Gasteiger partial charge in [-0.25, -0.2) is 25.3 Å². The van der Waals surface area contributed by atoms with Crippen LogP contribution in [0.15, 0.2) is 87.5 Å². The second-order valence-electron chi connectivity index (χ2n) is 17.0. The molecule has 3 aromatic carbocycles. The van der Waals surface area contributed by atoms with Crippen LogP contribution in [0.3, 0.4) is 0 Å². The maximum atomic E-state index is 12.9. The summed E-state index contributed by atoms with van der Waals surface area (Å²) < 4.78 is 184. The number of hydrogen-bond acceptors (Lipinski definition) is 10. The lowest BCUT2D eigenvalue weighted by molar-refractivity contribution is -0.301. The zero-order valence-electron chi connectivity index (χ0n) is 44.5. The molecule has 3 aromatic rings. The Morgan fingerprint density at radius 1 is 0.590 bits per heavy atom. The van der Waals surface area contributed by atoms with Crippen LogP contribution in [0, 0.1) is 22.7 Å². The Hall–Kier alpha value is -2.95. The molecule has 15 radical (unpaired) electrons. The number of nitrogens with zero attached hydrogens (tertiary/aromatic N) is 4. The van der Waals surface area contributed by atoms with Crippen LogP contribution in [-0.4, -0.2) is 193 Å². The lowest BCUT2D eigenvalue weighted by atomic mass is 8.50. The maximum Gasteiger partial charge on any atom is 0.419 e. The minimum atomic E-state index is -5.80. The second kappa shape index (κ2) is 35.1. The molecule has 0 aliphatic carbocycles. The van der Waals surface area contributed by atoms with E-state index in [1.54, 1.807) is 27.7 Å². The lowest BCUT2D eigenvalue weighted by Crippen LogP contribution is -2.69. The van der Waals surface area contributed by atoms with Crippen LogP contribution in [0.4, 0.5) is 39.5 Å². The maximum absolute atomic E-state index is 12.9. The van der Waals surface area contributed by atoms with Gasteiger partial charge >= 0.3 is 18.2 Å². The van der Waals surface area contributed by atoms with E-state index >= 15 is 0 Å². The molecule has 0 saturated heterocycles. The summed E-state index contributed by atoms with van der Waals surface area (Å²) in [6.07, 6.45) is -14.5. The molecule has 0 fully saturated rings. The molecule has 0 atom stereocenters. The number of alkyl halides is 9. The Kier molecular flexibility index (Phi) is 35.7. The van der Waals surface area contributed by atoms with E-state index in [1.165, 1.54) is 79.5 Å². The predicted octanol–water partition coefficient (Wildman–Crippen LogP) is 4.16. The van der Waals surface area contributed by atoms with Gasteiger partial charge in [0.2, 0.25) is 25.6 Å². The molecular formula is C39H54B13ClF9N6O6S3Si. The summed E-state index contributed by atoms with van der Waals surface area (Å²) >= 11 is 0. The van der Waals surface area contributed by atoms with Gasteiger partial charge in [0, 0.05) is 130 Å².